The van der Waals surface area contributed by atoms with Crippen molar-refractivity contribution >= 4 is 11.6 Å². The van der Waals surface area contributed by atoms with E-state index in [1.807, 2.05) is 13.8 Å². The molecule has 3 aromatic rings. The second-order valence-corrected chi connectivity index (χ2v) is 5.10. The van der Waals surface area contributed by atoms with Crippen LogP contribution >= 0.6 is 0 Å². The molecule has 1 N–H and O–H groups in total. The highest BCUT2D eigenvalue weighted by Crippen LogP contribution is 2.28. The van der Waals surface area contributed by atoms with Gasteiger partial charge < -0.3 is 9.84 Å². The Bertz CT molecular complexity index is 860. The van der Waals surface area contributed by atoms with Crippen molar-refractivity contribution < 1.29 is 14.6 Å². The second-order valence-electron chi connectivity index (χ2n) is 5.10. The molecule has 2 heterocycles. The first kappa shape index (κ1) is 14.1. The summed E-state index contributed by atoms with van der Waals surface area (Å²) in [5, 5.41) is 14.1. The number of phenols is 1. The molecule has 0 saturated heterocycles. The molecule has 0 amide bonds. The van der Waals surface area contributed by atoms with Gasteiger partial charge in [-0.15, -0.1) is 5.10 Å². The fourth-order valence-electron chi connectivity index (χ4n) is 2.52. The number of methoxy groups -OCH3 is 1. The molecule has 0 aliphatic heterocycles. The van der Waals surface area contributed by atoms with Crippen LogP contribution in [0.25, 0.3) is 17.0 Å². The minimum absolute atomic E-state index is 0.218. The number of carbonyl (C=O) groups excluding carboxylic acids is 1. The Morgan fingerprint density at radius 1 is 1.23 bits per heavy atom. The van der Waals surface area contributed by atoms with E-state index in [2.05, 4.69) is 10.1 Å². The summed E-state index contributed by atoms with van der Waals surface area (Å²) in [4.78, 5) is 16.0. The number of rotatable bonds is 2. The van der Waals surface area contributed by atoms with Crippen molar-refractivity contribution in [1.82, 2.24) is 14.6 Å². The summed E-state index contributed by atoms with van der Waals surface area (Å²) >= 11 is 0. The molecule has 22 heavy (non-hydrogen) atoms. The molecule has 0 bridgehead atoms. The number of aromatic hydroxyl groups is 1. The average Bonchev–Trinajstić information content (AvgIpc) is 2.87. The van der Waals surface area contributed by atoms with E-state index in [0.717, 1.165) is 16.7 Å². The number of carbonyl (C=O) groups is 1. The highest BCUT2D eigenvalue weighted by atomic mass is 16.5. The molecule has 0 saturated carbocycles. The highest BCUT2D eigenvalue weighted by molar-refractivity contribution is 5.89. The summed E-state index contributed by atoms with van der Waals surface area (Å²) < 4.78 is 6.25. The lowest BCUT2D eigenvalue weighted by Crippen LogP contribution is -2.03. The fourth-order valence-corrected chi connectivity index (χ4v) is 2.52. The van der Waals surface area contributed by atoms with Crippen molar-refractivity contribution in [2.24, 2.45) is 0 Å². The number of phenolic OH excluding ortho intramolecular Hbond substituents is 1. The first-order valence-corrected chi connectivity index (χ1v) is 6.75. The largest absolute Gasteiger partial charge is 0.508 e. The Labute approximate surface area is 127 Å². The van der Waals surface area contributed by atoms with E-state index in [4.69, 9.17) is 4.74 Å². The number of benzene rings is 1. The number of aromatic nitrogens is 3. The van der Waals surface area contributed by atoms with E-state index >= 15 is 0 Å². The first-order chi connectivity index (χ1) is 10.5. The van der Waals surface area contributed by atoms with Gasteiger partial charge in [0.1, 0.15) is 5.75 Å². The number of fused-ring (bicyclic) bond motifs is 1. The lowest BCUT2D eigenvalue weighted by Gasteiger charge is -2.06. The van der Waals surface area contributed by atoms with Gasteiger partial charge in [-0.25, -0.2) is 14.3 Å². The smallest absolute Gasteiger partial charge is 0.339 e. The molecule has 0 atom stereocenters. The Hall–Kier alpha value is -2.89. The fraction of sp³-hybridized carbons (Fsp3) is 0.188. The van der Waals surface area contributed by atoms with E-state index in [0.29, 0.717) is 17.0 Å². The summed E-state index contributed by atoms with van der Waals surface area (Å²) in [5.74, 6) is 0.350. The SMILES string of the molecule is COC(=O)c1ccc2nc(-c3c(C)cc(O)cc3C)nn2c1. The van der Waals surface area contributed by atoms with Gasteiger partial charge in [0.15, 0.2) is 11.5 Å². The Kier molecular flexibility index (Phi) is 3.29. The lowest BCUT2D eigenvalue weighted by atomic mass is 10.0. The molecule has 2 aromatic heterocycles. The van der Waals surface area contributed by atoms with Crippen LogP contribution in [0.1, 0.15) is 21.5 Å². The number of hydrogen-bond donors (Lipinski definition) is 1. The minimum Gasteiger partial charge on any atom is -0.508 e. The van der Waals surface area contributed by atoms with Crippen LogP contribution in [-0.4, -0.2) is 32.8 Å². The van der Waals surface area contributed by atoms with E-state index < -0.39 is 5.97 Å². The highest BCUT2D eigenvalue weighted by Gasteiger charge is 2.14. The number of hydrogen-bond acceptors (Lipinski definition) is 5. The molecule has 6 heteroatoms. The van der Waals surface area contributed by atoms with Crippen LogP contribution in [0.4, 0.5) is 0 Å². The quantitative estimate of drug-likeness (QED) is 0.735. The normalized spacial score (nSPS) is 10.9. The number of esters is 1. The van der Waals surface area contributed by atoms with Crippen LogP contribution in [0.15, 0.2) is 30.5 Å². The zero-order valence-electron chi connectivity index (χ0n) is 12.5. The maximum absolute atomic E-state index is 11.6. The van der Waals surface area contributed by atoms with Crippen LogP contribution in [0.5, 0.6) is 5.75 Å². The van der Waals surface area contributed by atoms with Gasteiger partial charge in [0, 0.05) is 11.8 Å². The summed E-state index contributed by atoms with van der Waals surface area (Å²) in [6.45, 7) is 3.79. The van der Waals surface area contributed by atoms with Crippen LogP contribution in [-0.2, 0) is 4.74 Å². The second kappa shape index (κ2) is 5.14. The van der Waals surface area contributed by atoms with Gasteiger partial charge in [-0.3, -0.25) is 0 Å². The van der Waals surface area contributed by atoms with Crippen molar-refractivity contribution in [3.05, 3.63) is 47.2 Å². The van der Waals surface area contributed by atoms with E-state index in [-0.39, 0.29) is 5.75 Å². The zero-order chi connectivity index (χ0) is 15.9. The third kappa shape index (κ3) is 2.28. The van der Waals surface area contributed by atoms with E-state index in [1.54, 1.807) is 35.0 Å². The van der Waals surface area contributed by atoms with Crippen molar-refractivity contribution in [2.75, 3.05) is 7.11 Å². The first-order valence-electron chi connectivity index (χ1n) is 6.75. The van der Waals surface area contributed by atoms with Gasteiger partial charge in [-0.05, 0) is 49.2 Å². The van der Waals surface area contributed by atoms with Crippen LogP contribution in [0.2, 0.25) is 0 Å². The van der Waals surface area contributed by atoms with Gasteiger partial charge in [-0.2, -0.15) is 0 Å². The summed E-state index contributed by atoms with van der Waals surface area (Å²) in [5.41, 5.74) is 3.70. The standard InChI is InChI=1S/C16H15N3O3/c1-9-6-12(20)7-10(2)14(9)15-17-13-5-4-11(16(21)22-3)8-19(13)18-15/h4-8,20H,1-3H3. The molecule has 0 fully saturated rings. The van der Waals surface area contributed by atoms with Crippen LogP contribution < -0.4 is 0 Å². The van der Waals surface area contributed by atoms with Crippen LogP contribution in [0.3, 0.4) is 0 Å². The molecule has 0 unspecified atom stereocenters. The topological polar surface area (TPSA) is 76.7 Å². The number of aryl methyl sites for hydroxylation is 2. The number of ether oxygens (including phenoxy) is 1. The molecule has 0 aliphatic rings. The van der Waals surface area contributed by atoms with E-state index in [1.165, 1.54) is 7.11 Å². The van der Waals surface area contributed by atoms with Crippen LogP contribution in [0, 0.1) is 13.8 Å². The Balaban J connectivity index is 2.15. The third-order valence-electron chi connectivity index (χ3n) is 3.49. The maximum atomic E-state index is 11.6. The van der Waals surface area contributed by atoms with Gasteiger partial charge in [0.25, 0.3) is 0 Å². The Morgan fingerprint density at radius 3 is 2.55 bits per heavy atom. The van der Waals surface area contributed by atoms with Crippen molar-refractivity contribution in [3.8, 4) is 17.1 Å². The Morgan fingerprint density at radius 2 is 1.91 bits per heavy atom. The summed E-state index contributed by atoms with van der Waals surface area (Å²) in [6, 6.07) is 6.71. The molecule has 0 aliphatic carbocycles. The molecule has 6 nitrogen and oxygen atoms in total. The predicted molar refractivity (Wildman–Crippen MR) is 80.9 cm³/mol. The number of nitrogens with zero attached hydrogens (tertiary/aromatic N) is 3. The van der Waals surface area contributed by atoms with Crippen molar-refractivity contribution in [2.45, 2.75) is 13.8 Å². The molecular formula is C16H15N3O3. The molecular weight excluding hydrogens is 282 g/mol. The molecule has 112 valence electrons. The van der Waals surface area contributed by atoms with Gasteiger partial charge >= 0.3 is 5.97 Å². The molecule has 0 spiro atoms. The predicted octanol–water partition coefficient (Wildman–Crippen LogP) is 2.51. The van der Waals surface area contributed by atoms with Crippen molar-refractivity contribution in [1.29, 1.82) is 0 Å². The monoisotopic (exact) mass is 297 g/mol. The third-order valence-corrected chi connectivity index (χ3v) is 3.49. The number of pyridine rings is 1. The molecule has 1 aromatic carbocycles. The van der Waals surface area contributed by atoms with Gasteiger partial charge in [-0.1, -0.05) is 0 Å². The summed E-state index contributed by atoms with van der Waals surface area (Å²) in [7, 11) is 1.34. The van der Waals surface area contributed by atoms with E-state index in [9.17, 15) is 9.90 Å². The average molecular weight is 297 g/mol. The molecule has 3 rings (SSSR count). The van der Waals surface area contributed by atoms with Gasteiger partial charge in [0.05, 0.1) is 12.7 Å². The molecule has 0 radical (unpaired) electrons. The van der Waals surface area contributed by atoms with Gasteiger partial charge in [0.2, 0.25) is 0 Å². The van der Waals surface area contributed by atoms with Crippen molar-refractivity contribution in [3.63, 3.8) is 0 Å². The zero-order valence-corrected chi connectivity index (χ0v) is 12.5. The summed E-state index contributed by atoms with van der Waals surface area (Å²) in [6.07, 6.45) is 1.59. The minimum atomic E-state index is -0.420. The lowest BCUT2D eigenvalue weighted by molar-refractivity contribution is 0.0600. The maximum Gasteiger partial charge on any atom is 0.339 e.